The number of hydrogen-bond acceptors (Lipinski definition) is 3. The minimum atomic E-state index is -0.166. The number of nitrogens with zero attached hydrogens (tertiary/aromatic N) is 2. The number of aromatic nitrogens is 1. The summed E-state index contributed by atoms with van der Waals surface area (Å²) in [4.78, 5) is 16.0. The highest BCUT2D eigenvalue weighted by Gasteiger charge is 2.60. The van der Waals surface area contributed by atoms with E-state index in [0.717, 1.165) is 5.56 Å². The Labute approximate surface area is 127 Å². The fourth-order valence-corrected chi connectivity index (χ4v) is 2.59. The lowest BCUT2D eigenvalue weighted by Crippen LogP contribution is -2.21. The van der Waals surface area contributed by atoms with E-state index >= 15 is 0 Å². The Kier molecular flexibility index (Phi) is 4.45. The largest absolute Gasteiger partial charge is 0.273 e. The van der Waals surface area contributed by atoms with E-state index in [4.69, 9.17) is 23.2 Å². The molecule has 106 valence electrons. The maximum absolute atomic E-state index is 12.0. The summed E-state index contributed by atoms with van der Waals surface area (Å²) >= 11 is 11.3. The number of amides is 1. The van der Waals surface area contributed by atoms with Crippen LogP contribution in [0.4, 0.5) is 0 Å². The number of rotatable bonds is 4. The molecule has 0 spiro atoms. The molecular formula is C14H15Cl2N3O. The van der Waals surface area contributed by atoms with Crippen LogP contribution in [-0.2, 0) is 4.79 Å². The lowest BCUT2D eigenvalue weighted by molar-refractivity contribution is -0.123. The summed E-state index contributed by atoms with van der Waals surface area (Å²) in [7, 11) is 0. The van der Waals surface area contributed by atoms with Gasteiger partial charge in [-0.1, -0.05) is 43.1 Å². The van der Waals surface area contributed by atoms with Gasteiger partial charge in [-0.25, -0.2) is 5.43 Å². The van der Waals surface area contributed by atoms with Gasteiger partial charge >= 0.3 is 0 Å². The molecule has 4 nitrogen and oxygen atoms in total. The first-order valence-electron chi connectivity index (χ1n) is 6.18. The van der Waals surface area contributed by atoms with E-state index in [9.17, 15) is 4.79 Å². The molecule has 0 aromatic carbocycles. The van der Waals surface area contributed by atoms with Crippen molar-refractivity contribution in [3.63, 3.8) is 0 Å². The van der Waals surface area contributed by atoms with E-state index in [1.54, 1.807) is 30.8 Å². The van der Waals surface area contributed by atoms with Crippen LogP contribution in [0.1, 0.15) is 19.4 Å². The molecule has 2 rings (SSSR count). The second-order valence-electron chi connectivity index (χ2n) is 5.30. The second-order valence-corrected chi connectivity index (χ2v) is 6.31. The van der Waals surface area contributed by atoms with E-state index in [1.165, 1.54) is 0 Å². The van der Waals surface area contributed by atoms with Gasteiger partial charge in [-0.05, 0) is 23.5 Å². The number of hydrazone groups is 1. The number of nitrogens with one attached hydrogen (secondary N) is 1. The summed E-state index contributed by atoms with van der Waals surface area (Å²) in [5, 5.41) is 3.93. The Morgan fingerprint density at radius 1 is 1.50 bits per heavy atom. The summed E-state index contributed by atoms with van der Waals surface area (Å²) in [6.45, 7) is 4.00. The quantitative estimate of drug-likeness (QED) is 0.686. The van der Waals surface area contributed by atoms with E-state index in [0.29, 0.717) is 0 Å². The number of halogens is 2. The highest BCUT2D eigenvalue weighted by Crippen LogP contribution is 2.59. The number of carbonyl (C=O) groups is 1. The average molecular weight is 312 g/mol. The summed E-state index contributed by atoms with van der Waals surface area (Å²) < 4.78 is 0.192. The molecule has 6 heteroatoms. The SMILES string of the molecule is CC1(C)[C@H](C(=O)N/N=C\c2cccnc2)[C@@H]1C=C(Cl)Cl. The van der Waals surface area contributed by atoms with Crippen LogP contribution < -0.4 is 5.43 Å². The summed E-state index contributed by atoms with van der Waals surface area (Å²) in [5.74, 6) is -0.256. The predicted molar refractivity (Wildman–Crippen MR) is 80.5 cm³/mol. The third-order valence-electron chi connectivity index (χ3n) is 3.57. The molecule has 0 bridgehead atoms. The van der Waals surface area contributed by atoms with Crippen LogP contribution in [-0.4, -0.2) is 17.1 Å². The van der Waals surface area contributed by atoms with Crippen LogP contribution in [0.5, 0.6) is 0 Å². The van der Waals surface area contributed by atoms with Gasteiger partial charge in [0.25, 0.3) is 0 Å². The first-order chi connectivity index (χ1) is 9.43. The Morgan fingerprint density at radius 2 is 2.25 bits per heavy atom. The topological polar surface area (TPSA) is 54.4 Å². The van der Waals surface area contributed by atoms with Gasteiger partial charge in [0, 0.05) is 18.0 Å². The normalized spacial score (nSPS) is 23.4. The molecule has 1 aromatic rings. The highest BCUT2D eigenvalue weighted by atomic mass is 35.5. The maximum atomic E-state index is 12.0. The van der Waals surface area contributed by atoms with Crippen molar-refractivity contribution in [1.82, 2.24) is 10.4 Å². The number of carbonyl (C=O) groups excluding carboxylic acids is 1. The molecule has 0 aliphatic heterocycles. The van der Waals surface area contributed by atoms with Crippen molar-refractivity contribution in [2.45, 2.75) is 13.8 Å². The van der Waals surface area contributed by atoms with Crippen molar-refractivity contribution in [2.24, 2.45) is 22.4 Å². The Bertz CT molecular complexity index is 551. The van der Waals surface area contributed by atoms with Gasteiger partial charge in [-0.2, -0.15) is 5.10 Å². The first-order valence-corrected chi connectivity index (χ1v) is 6.94. The van der Waals surface area contributed by atoms with Gasteiger partial charge in [0.15, 0.2) is 0 Å². The molecule has 1 aromatic heterocycles. The molecule has 2 atom stereocenters. The third-order valence-corrected chi connectivity index (χ3v) is 3.82. The van der Waals surface area contributed by atoms with Crippen molar-refractivity contribution in [3.8, 4) is 0 Å². The Hall–Kier alpha value is -1.39. The van der Waals surface area contributed by atoms with E-state index in [-0.39, 0.29) is 27.6 Å². The minimum absolute atomic E-state index is 0.0427. The fraction of sp³-hybridized carbons (Fsp3) is 0.357. The molecular weight excluding hydrogens is 297 g/mol. The van der Waals surface area contributed by atoms with Gasteiger partial charge in [-0.15, -0.1) is 0 Å². The Morgan fingerprint density at radius 3 is 2.85 bits per heavy atom. The van der Waals surface area contributed by atoms with Gasteiger partial charge < -0.3 is 0 Å². The van der Waals surface area contributed by atoms with Crippen LogP contribution in [0.15, 0.2) is 40.2 Å². The molecule has 0 radical (unpaired) electrons. The Balaban J connectivity index is 1.94. The summed E-state index contributed by atoms with van der Waals surface area (Å²) in [5.41, 5.74) is 3.21. The summed E-state index contributed by atoms with van der Waals surface area (Å²) in [6.07, 6.45) is 6.60. The summed E-state index contributed by atoms with van der Waals surface area (Å²) in [6, 6.07) is 3.65. The zero-order chi connectivity index (χ0) is 14.8. The molecule has 0 saturated heterocycles. The van der Waals surface area contributed by atoms with E-state index < -0.39 is 0 Å². The van der Waals surface area contributed by atoms with Crippen LogP contribution in [0, 0.1) is 17.3 Å². The predicted octanol–water partition coefficient (Wildman–Crippen LogP) is 3.12. The van der Waals surface area contributed by atoms with Gasteiger partial charge in [0.2, 0.25) is 5.91 Å². The van der Waals surface area contributed by atoms with Crippen molar-refractivity contribution in [3.05, 3.63) is 40.7 Å². The van der Waals surface area contributed by atoms with Crippen LogP contribution in [0.2, 0.25) is 0 Å². The van der Waals surface area contributed by atoms with Gasteiger partial charge in [0.05, 0.1) is 12.1 Å². The van der Waals surface area contributed by atoms with Crippen LogP contribution in [0.3, 0.4) is 0 Å². The monoisotopic (exact) mass is 311 g/mol. The maximum Gasteiger partial charge on any atom is 0.244 e. The van der Waals surface area contributed by atoms with Crippen molar-refractivity contribution in [2.75, 3.05) is 0 Å². The number of hydrogen-bond donors (Lipinski definition) is 1. The molecule has 1 saturated carbocycles. The van der Waals surface area contributed by atoms with Gasteiger partial charge in [-0.3, -0.25) is 9.78 Å². The van der Waals surface area contributed by atoms with E-state index in [1.807, 2.05) is 19.9 Å². The third kappa shape index (κ3) is 3.38. The zero-order valence-corrected chi connectivity index (χ0v) is 12.7. The number of allylic oxidation sites excluding steroid dienone is 1. The van der Waals surface area contributed by atoms with Crippen LogP contribution >= 0.6 is 23.2 Å². The minimum Gasteiger partial charge on any atom is -0.273 e. The van der Waals surface area contributed by atoms with Crippen molar-refractivity contribution in [1.29, 1.82) is 0 Å². The average Bonchev–Trinajstić information content (AvgIpc) is 2.91. The smallest absolute Gasteiger partial charge is 0.244 e. The first kappa shape index (κ1) is 15.0. The lowest BCUT2D eigenvalue weighted by atomic mass is 10.1. The zero-order valence-electron chi connectivity index (χ0n) is 11.2. The molecule has 1 aliphatic rings. The van der Waals surface area contributed by atoms with Gasteiger partial charge in [0.1, 0.15) is 4.49 Å². The molecule has 1 heterocycles. The second kappa shape index (κ2) is 5.94. The highest BCUT2D eigenvalue weighted by molar-refractivity contribution is 6.55. The molecule has 1 N–H and O–H groups in total. The van der Waals surface area contributed by atoms with E-state index in [2.05, 4.69) is 15.5 Å². The standard InChI is InChI=1S/C14H15Cl2N3O/c1-14(2)10(6-11(15)16)12(14)13(20)19-18-8-9-4-3-5-17-7-9/h3-8,10,12H,1-2H3,(H,19,20)/b18-8-/t10-,12-/m0/s1. The van der Waals surface area contributed by atoms with Crippen LogP contribution in [0.25, 0.3) is 0 Å². The molecule has 1 amide bonds. The molecule has 20 heavy (non-hydrogen) atoms. The fourth-order valence-electron chi connectivity index (χ4n) is 2.32. The van der Waals surface area contributed by atoms with Crippen molar-refractivity contribution < 1.29 is 4.79 Å². The lowest BCUT2D eigenvalue weighted by Gasteiger charge is -2.00. The number of pyridine rings is 1. The molecule has 0 unspecified atom stereocenters. The molecule has 1 aliphatic carbocycles. The van der Waals surface area contributed by atoms with Crippen molar-refractivity contribution >= 4 is 35.3 Å². The molecule has 1 fully saturated rings.